The second-order valence-corrected chi connectivity index (χ2v) is 6.56. The highest BCUT2D eigenvalue weighted by Crippen LogP contribution is 2.32. The standard InChI is InChI=1S/C19H20N4O2S/c1-5-25-17(24)11-26-19-16(10-20)13(3)18(14(4)21-19)23-22-15-8-6-12(2)7-9-15/h6-9H,5,11H2,1-4H3. The van der Waals surface area contributed by atoms with E-state index < -0.39 is 0 Å². The molecule has 0 aliphatic rings. The molecule has 0 saturated carbocycles. The molecule has 1 aromatic heterocycles. The third-order valence-electron chi connectivity index (χ3n) is 3.60. The lowest BCUT2D eigenvalue weighted by Crippen LogP contribution is -2.07. The van der Waals surface area contributed by atoms with Gasteiger partial charge in [0.15, 0.2) is 0 Å². The summed E-state index contributed by atoms with van der Waals surface area (Å²) in [6.07, 6.45) is 0. The summed E-state index contributed by atoms with van der Waals surface area (Å²) in [6, 6.07) is 9.84. The van der Waals surface area contributed by atoms with Gasteiger partial charge in [-0.2, -0.15) is 10.4 Å². The molecule has 0 atom stereocenters. The summed E-state index contributed by atoms with van der Waals surface area (Å²) >= 11 is 1.19. The number of nitrogens with zero attached hydrogens (tertiary/aromatic N) is 4. The normalized spacial score (nSPS) is 10.7. The maximum Gasteiger partial charge on any atom is 0.316 e. The number of benzene rings is 1. The van der Waals surface area contributed by atoms with Crippen LogP contribution in [0.1, 0.15) is 29.3 Å². The van der Waals surface area contributed by atoms with Gasteiger partial charge in [0.05, 0.1) is 29.3 Å². The maximum atomic E-state index is 11.5. The molecule has 0 aliphatic carbocycles. The first-order valence-electron chi connectivity index (χ1n) is 8.14. The van der Waals surface area contributed by atoms with Crippen LogP contribution in [0.5, 0.6) is 0 Å². The molecule has 134 valence electrons. The molecule has 26 heavy (non-hydrogen) atoms. The number of pyridine rings is 1. The summed E-state index contributed by atoms with van der Waals surface area (Å²) < 4.78 is 4.91. The van der Waals surface area contributed by atoms with E-state index in [9.17, 15) is 10.1 Å². The minimum atomic E-state index is -0.332. The van der Waals surface area contributed by atoms with Gasteiger partial charge in [0.1, 0.15) is 16.8 Å². The molecule has 0 bridgehead atoms. The monoisotopic (exact) mass is 368 g/mol. The molecule has 6 nitrogen and oxygen atoms in total. The Morgan fingerprint density at radius 2 is 1.92 bits per heavy atom. The van der Waals surface area contributed by atoms with Gasteiger partial charge >= 0.3 is 5.97 Å². The topological polar surface area (TPSA) is 87.7 Å². The van der Waals surface area contributed by atoms with Gasteiger partial charge in [-0.05, 0) is 45.4 Å². The highest BCUT2D eigenvalue weighted by Gasteiger charge is 2.16. The van der Waals surface area contributed by atoms with E-state index in [-0.39, 0.29) is 11.7 Å². The molecule has 0 fully saturated rings. The third kappa shape index (κ3) is 4.90. The van der Waals surface area contributed by atoms with Crippen molar-refractivity contribution in [2.75, 3.05) is 12.4 Å². The second-order valence-electron chi connectivity index (χ2n) is 5.59. The van der Waals surface area contributed by atoms with Crippen LogP contribution < -0.4 is 0 Å². The molecule has 2 rings (SSSR count). The van der Waals surface area contributed by atoms with Crippen molar-refractivity contribution in [3.05, 3.63) is 46.6 Å². The largest absolute Gasteiger partial charge is 0.465 e. The van der Waals surface area contributed by atoms with Gasteiger partial charge in [0.2, 0.25) is 0 Å². The number of thioether (sulfide) groups is 1. The zero-order valence-electron chi connectivity index (χ0n) is 15.2. The lowest BCUT2D eigenvalue weighted by atomic mass is 10.1. The van der Waals surface area contributed by atoms with Gasteiger partial charge in [-0.3, -0.25) is 4.79 Å². The van der Waals surface area contributed by atoms with Crippen molar-refractivity contribution >= 4 is 29.1 Å². The highest BCUT2D eigenvalue weighted by atomic mass is 32.2. The third-order valence-corrected chi connectivity index (χ3v) is 4.55. The molecule has 0 spiro atoms. The first-order chi connectivity index (χ1) is 12.5. The molecular formula is C19H20N4O2S. The van der Waals surface area contributed by atoms with E-state index in [1.165, 1.54) is 11.8 Å². The molecule has 1 heterocycles. The number of hydrogen-bond acceptors (Lipinski definition) is 7. The average molecular weight is 368 g/mol. The predicted octanol–water partition coefficient (Wildman–Crippen LogP) is 4.95. The van der Waals surface area contributed by atoms with Gasteiger partial charge in [0.25, 0.3) is 0 Å². The smallest absolute Gasteiger partial charge is 0.316 e. The fraction of sp³-hybridized carbons (Fsp3) is 0.316. The van der Waals surface area contributed by atoms with Crippen LogP contribution in [-0.2, 0) is 9.53 Å². The summed E-state index contributed by atoms with van der Waals surface area (Å²) in [5.74, 6) is -0.222. The van der Waals surface area contributed by atoms with Crippen LogP contribution in [0, 0.1) is 32.1 Å². The number of aromatic nitrogens is 1. The zero-order valence-corrected chi connectivity index (χ0v) is 16.1. The highest BCUT2D eigenvalue weighted by molar-refractivity contribution is 7.99. The van der Waals surface area contributed by atoms with E-state index in [4.69, 9.17) is 4.74 Å². The molecule has 0 N–H and O–H groups in total. The van der Waals surface area contributed by atoms with Crippen LogP contribution in [-0.4, -0.2) is 23.3 Å². The fourth-order valence-electron chi connectivity index (χ4n) is 2.24. The van der Waals surface area contributed by atoms with Crippen molar-refractivity contribution in [3.8, 4) is 6.07 Å². The molecule has 1 aromatic carbocycles. The van der Waals surface area contributed by atoms with E-state index >= 15 is 0 Å². The quantitative estimate of drug-likeness (QED) is 0.409. The second kappa shape index (κ2) is 9.11. The molecule has 0 aliphatic heterocycles. The number of aryl methyl sites for hydroxylation is 2. The van der Waals surface area contributed by atoms with E-state index in [1.54, 1.807) is 6.92 Å². The van der Waals surface area contributed by atoms with E-state index in [0.29, 0.717) is 34.1 Å². The molecule has 7 heteroatoms. The Morgan fingerprint density at radius 3 is 2.54 bits per heavy atom. The van der Waals surface area contributed by atoms with Crippen LogP contribution >= 0.6 is 11.8 Å². The summed E-state index contributed by atoms with van der Waals surface area (Å²) in [5.41, 5.74) is 4.21. The lowest BCUT2D eigenvalue weighted by molar-refractivity contribution is -0.139. The first kappa shape index (κ1) is 19.6. The number of carbonyl (C=O) groups is 1. The van der Waals surface area contributed by atoms with Crippen LogP contribution in [0.4, 0.5) is 11.4 Å². The Labute approximate surface area is 157 Å². The maximum absolute atomic E-state index is 11.5. The van der Waals surface area contributed by atoms with Gasteiger partial charge in [-0.1, -0.05) is 29.5 Å². The SMILES string of the molecule is CCOC(=O)CSc1nc(C)c(N=Nc2ccc(C)cc2)c(C)c1C#N. The molecule has 0 unspecified atom stereocenters. The van der Waals surface area contributed by atoms with Crippen molar-refractivity contribution in [1.82, 2.24) is 4.98 Å². The van der Waals surface area contributed by atoms with Gasteiger partial charge in [-0.25, -0.2) is 4.98 Å². The Balaban J connectivity index is 2.30. The molecular weight excluding hydrogens is 348 g/mol. The van der Waals surface area contributed by atoms with Gasteiger partial charge in [0, 0.05) is 0 Å². The van der Waals surface area contributed by atoms with Crippen molar-refractivity contribution in [3.63, 3.8) is 0 Å². The van der Waals surface area contributed by atoms with Gasteiger partial charge < -0.3 is 4.74 Å². The van der Waals surface area contributed by atoms with Crippen LogP contribution in [0.15, 0.2) is 39.5 Å². The number of ether oxygens (including phenoxy) is 1. The van der Waals surface area contributed by atoms with E-state index in [0.717, 1.165) is 11.3 Å². The minimum Gasteiger partial charge on any atom is -0.465 e. The van der Waals surface area contributed by atoms with E-state index in [1.807, 2.05) is 45.0 Å². The van der Waals surface area contributed by atoms with Gasteiger partial charge in [-0.15, -0.1) is 5.11 Å². The van der Waals surface area contributed by atoms with Crippen LogP contribution in [0.3, 0.4) is 0 Å². The summed E-state index contributed by atoms with van der Waals surface area (Å²) in [6.45, 7) is 7.71. The van der Waals surface area contributed by atoms with Crippen molar-refractivity contribution in [2.45, 2.75) is 32.7 Å². The van der Waals surface area contributed by atoms with Crippen molar-refractivity contribution in [1.29, 1.82) is 5.26 Å². The Morgan fingerprint density at radius 1 is 1.23 bits per heavy atom. The molecule has 0 radical (unpaired) electrons. The number of hydrogen-bond donors (Lipinski definition) is 0. The summed E-state index contributed by atoms with van der Waals surface area (Å²) in [5, 5.41) is 18.5. The first-order valence-corrected chi connectivity index (χ1v) is 9.13. The van der Waals surface area contributed by atoms with Crippen molar-refractivity contribution in [2.24, 2.45) is 10.2 Å². The summed E-state index contributed by atoms with van der Waals surface area (Å²) in [7, 11) is 0. The lowest BCUT2D eigenvalue weighted by Gasteiger charge is -2.10. The average Bonchev–Trinajstić information content (AvgIpc) is 2.61. The summed E-state index contributed by atoms with van der Waals surface area (Å²) in [4.78, 5) is 16.0. The molecule has 2 aromatic rings. The van der Waals surface area contributed by atoms with Crippen LogP contribution in [0.2, 0.25) is 0 Å². The predicted molar refractivity (Wildman–Crippen MR) is 101 cm³/mol. The van der Waals surface area contributed by atoms with Crippen molar-refractivity contribution < 1.29 is 9.53 Å². The minimum absolute atomic E-state index is 0.110. The molecule has 0 amide bonds. The molecule has 0 saturated heterocycles. The number of carbonyl (C=O) groups excluding carboxylic acids is 1. The Kier molecular flexibility index (Phi) is 6.87. The number of azo groups is 1. The number of esters is 1. The Hall–Kier alpha value is -2.72. The number of rotatable bonds is 6. The number of nitriles is 1. The zero-order chi connectivity index (χ0) is 19.1. The fourth-order valence-corrected chi connectivity index (χ4v) is 3.13. The van der Waals surface area contributed by atoms with Crippen LogP contribution in [0.25, 0.3) is 0 Å². The van der Waals surface area contributed by atoms with E-state index in [2.05, 4.69) is 21.3 Å². The Bertz CT molecular complexity index is 871.